The molecule has 14 heavy (non-hydrogen) atoms. The van der Waals surface area contributed by atoms with Crippen molar-refractivity contribution in [3.63, 3.8) is 0 Å². The van der Waals surface area contributed by atoms with Gasteiger partial charge in [-0.05, 0) is 27.4 Å². The van der Waals surface area contributed by atoms with Crippen LogP contribution in [0.5, 0.6) is 0 Å². The van der Waals surface area contributed by atoms with Gasteiger partial charge in [0.2, 0.25) is 0 Å². The van der Waals surface area contributed by atoms with Gasteiger partial charge in [0.25, 0.3) is 0 Å². The van der Waals surface area contributed by atoms with Gasteiger partial charge in [-0.15, -0.1) is 5.06 Å². The molecule has 4 heteroatoms. The Hall–Kier alpha value is -0.870. The number of hydrogen-bond donors (Lipinski definition) is 0. The van der Waals surface area contributed by atoms with Gasteiger partial charge in [-0.1, -0.05) is 6.08 Å². The van der Waals surface area contributed by atoms with Crippen molar-refractivity contribution in [3.8, 4) is 0 Å². The van der Waals surface area contributed by atoms with Crippen molar-refractivity contribution in [2.45, 2.75) is 13.3 Å². The Bertz CT molecular complexity index is 210. The van der Waals surface area contributed by atoms with E-state index in [1.165, 1.54) is 5.06 Å². The molecule has 0 aliphatic rings. The third-order valence-electron chi connectivity index (χ3n) is 1.61. The highest BCUT2D eigenvalue weighted by atomic mass is 16.7. The lowest BCUT2D eigenvalue weighted by Crippen LogP contribution is -2.19. The molecule has 0 radical (unpaired) electrons. The van der Waals surface area contributed by atoms with E-state index in [1.807, 2.05) is 20.2 Å². The molecule has 0 rings (SSSR count). The van der Waals surface area contributed by atoms with Crippen molar-refractivity contribution in [1.29, 1.82) is 0 Å². The maximum Gasteiger partial charge on any atom is 0.352 e. The minimum Gasteiger partial charge on any atom is -0.365 e. The molecule has 0 bridgehead atoms. The predicted molar refractivity (Wildman–Crippen MR) is 56.7 cm³/mol. The van der Waals surface area contributed by atoms with Gasteiger partial charge < -0.3 is 9.74 Å². The quantitative estimate of drug-likeness (QED) is 0.488. The van der Waals surface area contributed by atoms with E-state index < -0.39 is 0 Å². The number of hydrogen-bond acceptors (Lipinski definition) is 4. The molecular formula is C10H20N2O2. The Balaban J connectivity index is 3.91. The van der Waals surface area contributed by atoms with Crippen LogP contribution in [0.2, 0.25) is 0 Å². The molecule has 0 aromatic rings. The summed E-state index contributed by atoms with van der Waals surface area (Å²) in [6.45, 7) is 2.70. The third-order valence-corrected chi connectivity index (χ3v) is 1.61. The molecule has 0 unspecified atom stereocenters. The Kier molecular flexibility index (Phi) is 6.16. The van der Waals surface area contributed by atoms with Crippen LogP contribution < -0.4 is 0 Å². The van der Waals surface area contributed by atoms with Gasteiger partial charge >= 0.3 is 5.97 Å². The molecule has 0 spiro atoms. The molecule has 0 aliphatic heterocycles. The molecule has 4 nitrogen and oxygen atoms in total. The summed E-state index contributed by atoms with van der Waals surface area (Å²) in [5, 5.41) is 1.39. The van der Waals surface area contributed by atoms with Crippen LogP contribution in [-0.4, -0.2) is 50.7 Å². The van der Waals surface area contributed by atoms with Crippen molar-refractivity contribution >= 4 is 5.97 Å². The lowest BCUT2D eigenvalue weighted by Gasteiger charge is -2.10. The standard InChI is InChI=1S/C10H20N2O2/c1-9(7-6-8-11(2)3)10(13)14-12(4)5/h7H,6,8H2,1-5H3. The number of carbonyl (C=O) groups excluding carboxylic acids is 1. The van der Waals surface area contributed by atoms with Crippen molar-refractivity contribution in [2.75, 3.05) is 34.7 Å². The number of hydroxylamine groups is 2. The summed E-state index contributed by atoms with van der Waals surface area (Å²) in [6.07, 6.45) is 2.76. The Morgan fingerprint density at radius 3 is 2.29 bits per heavy atom. The molecule has 0 atom stereocenters. The van der Waals surface area contributed by atoms with Crippen LogP contribution in [0.4, 0.5) is 0 Å². The fourth-order valence-corrected chi connectivity index (χ4v) is 0.860. The summed E-state index contributed by atoms with van der Waals surface area (Å²) >= 11 is 0. The van der Waals surface area contributed by atoms with Crippen LogP contribution in [-0.2, 0) is 9.63 Å². The smallest absolute Gasteiger partial charge is 0.352 e. The molecule has 0 aromatic carbocycles. The SMILES string of the molecule is CC(=CCCN(C)C)C(=O)ON(C)C. The second kappa shape index (κ2) is 6.56. The molecule has 0 aliphatic carbocycles. The summed E-state index contributed by atoms with van der Waals surface area (Å²) in [5.74, 6) is -0.284. The van der Waals surface area contributed by atoms with Crippen LogP contribution in [0.1, 0.15) is 13.3 Å². The van der Waals surface area contributed by atoms with Crippen molar-refractivity contribution < 1.29 is 9.63 Å². The second-order valence-corrected chi connectivity index (χ2v) is 3.67. The van der Waals surface area contributed by atoms with Crippen LogP contribution in [0.15, 0.2) is 11.6 Å². The van der Waals surface area contributed by atoms with Gasteiger partial charge in [-0.2, -0.15) is 0 Å². The third kappa shape index (κ3) is 6.62. The highest BCUT2D eigenvalue weighted by Crippen LogP contribution is 2.00. The van der Waals surface area contributed by atoms with Gasteiger partial charge in [0.05, 0.1) is 0 Å². The molecular weight excluding hydrogens is 180 g/mol. The van der Waals surface area contributed by atoms with E-state index in [9.17, 15) is 4.79 Å². The predicted octanol–water partition coefficient (Wildman–Crippen LogP) is 0.904. The first-order chi connectivity index (χ1) is 6.43. The Morgan fingerprint density at radius 1 is 1.29 bits per heavy atom. The van der Waals surface area contributed by atoms with E-state index in [4.69, 9.17) is 4.84 Å². The molecule has 0 heterocycles. The Morgan fingerprint density at radius 2 is 1.86 bits per heavy atom. The topological polar surface area (TPSA) is 32.8 Å². The number of rotatable bonds is 5. The van der Waals surface area contributed by atoms with Crippen LogP contribution >= 0.6 is 0 Å². The van der Waals surface area contributed by atoms with Gasteiger partial charge in [-0.25, -0.2) is 4.79 Å². The summed E-state index contributed by atoms with van der Waals surface area (Å²) in [6, 6.07) is 0. The highest BCUT2D eigenvalue weighted by Gasteiger charge is 2.06. The molecule has 82 valence electrons. The number of carbonyl (C=O) groups is 1. The minimum atomic E-state index is -0.284. The monoisotopic (exact) mass is 200 g/mol. The number of nitrogens with zero attached hydrogens (tertiary/aromatic N) is 2. The van der Waals surface area contributed by atoms with E-state index >= 15 is 0 Å². The maximum atomic E-state index is 11.3. The zero-order valence-electron chi connectivity index (χ0n) is 9.70. The Labute approximate surface area is 86.1 Å². The van der Waals surface area contributed by atoms with Crippen LogP contribution in [0, 0.1) is 0 Å². The molecule has 0 saturated carbocycles. The second-order valence-electron chi connectivity index (χ2n) is 3.67. The zero-order valence-corrected chi connectivity index (χ0v) is 9.70. The van der Waals surface area contributed by atoms with Gasteiger partial charge in [0.15, 0.2) is 0 Å². The van der Waals surface area contributed by atoms with Gasteiger partial charge in [-0.3, -0.25) is 0 Å². The van der Waals surface area contributed by atoms with Crippen molar-refractivity contribution in [3.05, 3.63) is 11.6 Å². The average molecular weight is 200 g/mol. The first-order valence-corrected chi connectivity index (χ1v) is 4.64. The fraction of sp³-hybridized carbons (Fsp3) is 0.700. The van der Waals surface area contributed by atoms with E-state index in [0.29, 0.717) is 5.57 Å². The summed E-state index contributed by atoms with van der Waals surface area (Å²) in [7, 11) is 7.37. The molecule has 0 amide bonds. The average Bonchev–Trinajstić information content (AvgIpc) is 2.01. The van der Waals surface area contributed by atoms with Gasteiger partial charge in [0, 0.05) is 26.2 Å². The van der Waals surface area contributed by atoms with Crippen LogP contribution in [0.3, 0.4) is 0 Å². The van der Waals surface area contributed by atoms with E-state index in [2.05, 4.69) is 4.90 Å². The van der Waals surface area contributed by atoms with E-state index in [0.717, 1.165) is 13.0 Å². The first-order valence-electron chi connectivity index (χ1n) is 4.64. The maximum absolute atomic E-state index is 11.3. The van der Waals surface area contributed by atoms with Crippen molar-refractivity contribution in [1.82, 2.24) is 9.96 Å². The lowest BCUT2D eigenvalue weighted by molar-refractivity contribution is -0.172. The zero-order chi connectivity index (χ0) is 11.1. The summed E-state index contributed by atoms with van der Waals surface area (Å²) in [5.41, 5.74) is 0.653. The van der Waals surface area contributed by atoms with E-state index in [-0.39, 0.29) is 5.97 Å². The molecule has 0 N–H and O–H groups in total. The molecule has 0 saturated heterocycles. The fourth-order valence-electron chi connectivity index (χ4n) is 0.860. The summed E-state index contributed by atoms with van der Waals surface area (Å²) < 4.78 is 0. The normalized spacial score (nSPS) is 12.4. The largest absolute Gasteiger partial charge is 0.365 e. The molecule has 0 fully saturated rings. The molecule has 0 aromatic heterocycles. The lowest BCUT2D eigenvalue weighted by atomic mass is 10.2. The minimum absolute atomic E-state index is 0.284. The highest BCUT2D eigenvalue weighted by molar-refractivity contribution is 5.87. The first kappa shape index (κ1) is 13.1. The van der Waals surface area contributed by atoms with Gasteiger partial charge in [0.1, 0.15) is 0 Å². The van der Waals surface area contributed by atoms with Crippen LogP contribution in [0.25, 0.3) is 0 Å². The van der Waals surface area contributed by atoms with E-state index in [1.54, 1.807) is 21.0 Å². The van der Waals surface area contributed by atoms with Crippen molar-refractivity contribution in [2.24, 2.45) is 0 Å². The summed E-state index contributed by atoms with van der Waals surface area (Å²) in [4.78, 5) is 18.2.